The van der Waals surface area contributed by atoms with Gasteiger partial charge in [0.1, 0.15) is 0 Å². The molecule has 4 nitrogen and oxygen atoms in total. The van der Waals surface area contributed by atoms with Crippen molar-refractivity contribution in [1.82, 2.24) is 5.32 Å². The summed E-state index contributed by atoms with van der Waals surface area (Å²) in [5.74, 6) is 1.51. The lowest BCUT2D eigenvalue weighted by Gasteiger charge is -2.15. The van der Waals surface area contributed by atoms with Crippen molar-refractivity contribution < 1.29 is 14.3 Å². The number of nitrogens with one attached hydrogen (secondary N) is 1. The van der Waals surface area contributed by atoms with Crippen molar-refractivity contribution in [2.24, 2.45) is 5.92 Å². The number of rotatable bonds is 6. The Bertz CT molecular complexity index is 435. The van der Waals surface area contributed by atoms with Gasteiger partial charge >= 0.3 is 0 Å². The lowest BCUT2D eigenvalue weighted by atomic mass is 10.1. The quantitative estimate of drug-likeness (QED) is 0.816. The van der Waals surface area contributed by atoms with Crippen LogP contribution in [-0.2, 0) is 0 Å². The second-order valence-corrected chi connectivity index (χ2v) is 5.72. The number of carbonyl (C=O) groups is 1. The number of methoxy groups -OCH3 is 2. The van der Waals surface area contributed by atoms with Gasteiger partial charge in [0.25, 0.3) is 5.91 Å². The molecule has 0 spiro atoms. The lowest BCUT2D eigenvalue weighted by molar-refractivity contribution is 0.0952. The van der Waals surface area contributed by atoms with Gasteiger partial charge in [-0.3, -0.25) is 4.79 Å². The highest BCUT2D eigenvalue weighted by Gasteiger charge is 2.13. The molecule has 0 aromatic heterocycles. The molecule has 0 radical (unpaired) electrons. The zero-order chi connectivity index (χ0) is 14.4. The van der Waals surface area contributed by atoms with Gasteiger partial charge in [-0.05, 0) is 24.1 Å². The van der Waals surface area contributed by atoms with E-state index in [0.717, 1.165) is 0 Å². The van der Waals surface area contributed by atoms with E-state index in [9.17, 15) is 4.79 Å². The molecule has 1 atom stereocenters. The summed E-state index contributed by atoms with van der Waals surface area (Å²) in [6.07, 6.45) is 0. The molecule has 0 aliphatic rings. The number of hydrogen-bond donors (Lipinski definition) is 1. The number of amides is 1. The Kier molecular flexibility index (Phi) is 6.15. The first kappa shape index (κ1) is 15.8. The number of alkyl halides is 1. The van der Waals surface area contributed by atoms with Gasteiger partial charge < -0.3 is 14.8 Å². The SMILES string of the molecule is COc1ccc(C(=O)NCC(Br)C(C)C)cc1OC. The predicted molar refractivity (Wildman–Crippen MR) is 79.4 cm³/mol. The lowest BCUT2D eigenvalue weighted by Crippen LogP contribution is -2.31. The number of carbonyl (C=O) groups excluding carboxylic acids is 1. The molecule has 19 heavy (non-hydrogen) atoms. The fourth-order valence-corrected chi connectivity index (χ4v) is 1.67. The smallest absolute Gasteiger partial charge is 0.251 e. The standard InChI is InChI=1S/C14H20BrNO3/c1-9(2)11(15)8-16-14(17)10-5-6-12(18-3)13(7-10)19-4/h5-7,9,11H,8H2,1-4H3,(H,16,17). The van der Waals surface area contributed by atoms with Crippen molar-refractivity contribution >= 4 is 21.8 Å². The molecule has 0 fully saturated rings. The van der Waals surface area contributed by atoms with Gasteiger partial charge in [0.15, 0.2) is 11.5 Å². The Morgan fingerprint density at radius 2 is 1.89 bits per heavy atom. The Hall–Kier alpha value is -1.23. The van der Waals surface area contributed by atoms with E-state index >= 15 is 0 Å². The van der Waals surface area contributed by atoms with E-state index in [4.69, 9.17) is 9.47 Å². The minimum atomic E-state index is -0.119. The minimum absolute atomic E-state index is 0.119. The number of halogens is 1. The highest BCUT2D eigenvalue weighted by molar-refractivity contribution is 9.09. The predicted octanol–water partition coefficient (Wildman–Crippen LogP) is 2.85. The molecule has 0 saturated carbocycles. The minimum Gasteiger partial charge on any atom is -0.493 e. The monoisotopic (exact) mass is 329 g/mol. The maximum absolute atomic E-state index is 12.0. The first-order valence-electron chi connectivity index (χ1n) is 6.13. The number of hydrogen-bond acceptors (Lipinski definition) is 3. The Balaban J connectivity index is 2.72. The summed E-state index contributed by atoms with van der Waals surface area (Å²) in [7, 11) is 3.11. The molecule has 5 heteroatoms. The van der Waals surface area contributed by atoms with Crippen LogP contribution in [0.5, 0.6) is 11.5 Å². The molecule has 1 aromatic rings. The Morgan fingerprint density at radius 3 is 2.42 bits per heavy atom. The van der Waals surface area contributed by atoms with Gasteiger partial charge in [-0.15, -0.1) is 0 Å². The zero-order valence-corrected chi connectivity index (χ0v) is 13.3. The summed E-state index contributed by atoms with van der Waals surface area (Å²) in [6.45, 7) is 4.79. The molecule has 0 saturated heterocycles. The molecular formula is C14H20BrNO3. The fraction of sp³-hybridized carbons (Fsp3) is 0.500. The third kappa shape index (κ3) is 4.42. The van der Waals surface area contributed by atoms with Gasteiger partial charge in [0.05, 0.1) is 14.2 Å². The number of benzene rings is 1. The largest absolute Gasteiger partial charge is 0.493 e. The van der Waals surface area contributed by atoms with Gasteiger partial charge in [0, 0.05) is 16.9 Å². The van der Waals surface area contributed by atoms with Crippen LogP contribution in [0.15, 0.2) is 18.2 Å². The maximum atomic E-state index is 12.0. The van der Waals surface area contributed by atoms with E-state index in [1.54, 1.807) is 32.4 Å². The van der Waals surface area contributed by atoms with E-state index in [-0.39, 0.29) is 10.7 Å². The zero-order valence-electron chi connectivity index (χ0n) is 11.7. The van der Waals surface area contributed by atoms with Crippen LogP contribution in [0.3, 0.4) is 0 Å². The third-order valence-electron chi connectivity index (χ3n) is 2.83. The van der Waals surface area contributed by atoms with Crippen LogP contribution in [-0.4, -0.2) is 31.5 Å². The van der Waals surface area contributed by atoms with E-state index in [2.05, 4.69) is 35.1 Å². The second kappa shape index (κ2) is 7.38. The maximum Gasteiger partial charge on any atom is 0.251 e. The van der Waals surface area contributed by atoms with E-state index in [1.807, 2.05) is 0 Å². The summed E-state index contributed by atoms with van der Waals surface area (Å²) in [4.78, 5) is 12.3. The van der Waals surface area contributed by atoms with Crippen molar-refractivity contribution in [3.63, 3.8) is 0 Å². The van der Waals surface area contributed by atoms with E-state index in [0.29, 0.717) is 29.5 Å². The van der Waals surface area contributed by atoms with Crippen LogP contribution in [0.2, 0.25) is 0 Å². The molecule has 1 unspecified atom stereocenters. The van der Waals surface area contributed by atoms with E-state index < -0.39 is 0 Å². The molecular weight excluding hydrogens is 310 g/mol. The highest BCUT2D eigenvalue weighted by atomic mass is 79.9. The first-order chi connectivity index (χ1) is 8.99. The van der Waals surface area contributed by atoms with Gasteiger partial charge in [-0.25, -0.2) is 0 Å². The van der Waals surface area contributed by atoms with Crippen LogP contribution < -0.4 is 14.8 Å². The Labute approximate surface area is 122 Å². The van der Waals surface area contributed by atoms with Crippen LogP contribution in [0.25, 0.3) is 0 Å². The van der Waals surface area contributed by atoms with Crippen LogP contribution in [0.4, 0.5) is 0 Å². The van der Waals surface area contributed by atoms with Crippen molar-refractivity contribution in [2.45, 2.75) is 18.7 Å². The van der Waals surface area contributed by atoms with Crippen molar-refractivity contribution in [3.05, 3.63) is 23.8 Å². The van der Waals surface area contributed by atoms with Crippen LogP contribution >= 0.6 is 15.9 Å². The molecule has 0 heterocycles. The fourth-order valence-electron chi connectivity index (χ4n) is 1.51. The molecule has 0 aliphatic carbocycles. The average molecular weight is 330 g/mol. The molecule has 1 amide bonds. The molecule has 1 rings (SSSR count). The normalized spacial score (nSPS) is 12.1. The summed E-state index contributed by atoms with van der Waals surface area (Å²) in [6, 6.07) is 5.11. The third-order valence-corrected chi connectivity index (χ3v) is 4.21. The topological polar surface area (TPSA) is 47.6 Å². The summed E-state index contributed by atoms with van der Waals surface area (Å²) < 4.78 is 10.3. The highest BCUT2D eigenvalue weighted by Crippen LogP contribution is 2.27. The number of ether oxygens (including phenoxy) is 2. The summed E-state index contributed by atoms with van der Waals surface area (Å²) >= 11 is 3.53. The molecule has 1 aromatic carbocycles. The molecule has 0 aliphatic heterocycles. The average Bonchev–Trinajstić information content (AvgIpc) is 2.43. The molecule has 1 N–H and O–H groups in total. The van der Waals surface area contributed by atoms with Crippen LogP contribution in [0, 0.1) is 5.92 Å². The van der Waals surface area contributed by atoms with Crippen molar-refractivity contribution in [1.29, 1.82) is 0 Å². The van der Waals surface area contributed by atoms with E-state index in [1.165, 1.54) is 0 Å². The van der Waals surface area contributed by atoms with Gasteiger partial charge in [-0.2, -0.15) is 0 Å². The molecule has 106 valence electrons. The second-order valence-electron chi connectivity index (χ2n) is 4.54. The van der Waals surface area contributed by atoms with Crippen molar-refractivity contribution in [3.8, 4) is 11.5 Å². The van der Waals surface area contributed by atoms with Crippen molar-refractivity contribution in [2.75, 3.05) is 20.8 Å². The van der Waals surface area contributed by atoms with Gasteiger partial charge in [-0.1, -0.05) is 29.8 Å². The van der Waals surface area contributed by atoms with Gasteiger partial charge in [0.2, 0.25) is 0 Å². The Morgan fingerprint density at radius 1 is 1.26 bits per heavy atom. The van der Waals surface area contributed by atoms with Crippen LogP contribution in [0.1, 0.15) is 24.2 Å². The summed E-state index contributed by atoms with van der Waals surface area (Å²) in [5, 5.41) is 2.89. The first-order valence-corrected chi connectivity index (χ1v) is 7.05. The molecule has 0 bridgehead atoms. The summed E-state index contributed by atoms with van der Waals surface area (Å²) in [5.41, 5.74) is 0.557.